The Kier molecular flexibility index (Phi) is 4.78. The molecule has 0 bridgehead atoms. The molecule has 0 aromatic heterocycles. The number of carbonyl (C=O) groups is 1. The quantitative estimate of drug-likeness (QED) is 0.880. The smallest absolute Gasteiger partial charge is 0.224 e. The lowest BCUT2D eigenvalue weighted by Crippen LogP contribution is -2.43. The molecule has 2 N–H and O–H groups in total. The van der Waals surface area contributed by atoms with Crippen LogP contribution in [0.25, 0.3) is 0 Å². The average Bonchev–Trinajstić information content (AvgIpc) is 2.56. The summed E-state index contributed by atoms with van der Waals surface area (Å²) in [5, 5.41) is 13.7. The second-order valence-corrected chi connectivity index (χ2v) is 6.67. The third-order valence-corrected chi connectivity index (χ3v) is 4.70. The van der Waals surface area contributed by atoms with Crippen LogP contribution < -0.4 is 10.2 Å². The van der Waals surface area contributed by atoms with E-state index in [0.29, 0.717) is 5.02 Å². The Morgan fingerprint density at radius 2 is 2.00 bits per heavy atom. The molecule has 24 heavy (non-hydrogen) atoms. The molecule has 1 aliphatic rings. The van der Waals surface area contributed by atoms with E-state index in [4.69, 9.17) is 11.6 Å². The van der Waals surface area contributed by atoms with Crippen molar-refractivity contribution in [2.24, 2.45) is 0 Å². The maximum absolute atomic E-state index is 12.1. The molecule has 126 valence electrons. The van der Waals surface area contributed by atoms with E-state index in [-0.39, 0.29) is 24.6 Å². The summed E-state index contributed by atoms with van der Waals surface area (Å²) in [6, 6.07) is 13.5. The molecule has 2 atom stereocenters. The first-order chi connectivity index (χ1) is 11.5. The Labute approximate surface area is 147 Å². The van der Waals surface area contributed by atoms with E-state index in [9.17, 15) is 9.90 Å². The monoisotopic (exact) mass is 344 g/mol. The lowest BCUT2D eigenvalue weighted by Gasteiger charge is -2.39. The number of nitrogens with one attached hydrogen (secondary N) is 1. The zero-order valence-electron chi connectivity index (χ0n) is 13.8. The summed E-state index contributed by atoms with van der Waals surface area (Å²) in [5.41, 5.74) is 3.76. The van der Waals surface area contributed by atoms with E-state index in [2.05, 4.69) is 12.2 Å². The van der Waals surface area contributed by atoms with Crippen molar-refractivity contribution < 1.29 is 9.90 Å². The van der Waals surface area contributed by atoms with Gasteiger partial charge in [-0.05, 0) is 60.9 Å². The van der Waals surface area contributed by atoms with Gasteiger partial charge in [0.15, 0.2) is 0 Å². The summed E-state index contributed by atoms with van der Waals surface area (Å²) >= 11 is 5.95. The highest BCUT2D eigenvalue weighted by Crippen LogP contribution is 2.39. The minimum absolute atomic E-state index is 0.0173. The molecule has 0 saturated heterocycles. The van der Waals surface area contributed by atoms with E-state index in [1.54, 1.807) is 6.92 Å². The average molecular weight is 345 g/mol. The molecule has 4 nitrogen and oxygen atoms in total. The summed E-state index contributed by atoms with van der Waals surface area (Å²) in [6.07, 6.45) is 0.796. The van der Waals surface area contributed by atoms with Crippen LogP contribution >= 0.6 is 11.6 Å². The number of rotatable bonds is 3. The zero-order chi connectivity index (χ0) is 17.3. The Balaban J connectivity index is 1.99. The summed E-state index contributed by atoms with van der Waals surface area (Å²) in [5.74, 6) is 0.0328. The van der Waals surface area contributed by atoms with Gasteiger partial charge in [0.2, 0.25) is 5.91 Å². The molecule has 0 fully saturated rings. The fraction of sp³-hybridized carbons (Fsp3) is 0.316. The second kappa shape index (κ2) is 6.83. The van der Waals surface area contributed by atoms with Gasteiger partial charge in [0.1, 0.15) is 0 Å². The van der Waals surface area contributed by atoms with Gasteiger partial charge in [-0.15, -0.1) is 0 Å². The molecule has 5 heteroatoms. The Bertz CT molecular complexity index is 746. The van der Waals surface area contributed by atoms with E-state index < -0.39 is 0 Å². The van der Waals surface area contributed by atoms with Gasteiger partial charge in [-0.2, -0.15) is 0 Å². The molecular formula is C19H21ClN2O2. The van der Waals surface area contributed by atoms with Crippen LogP contribution in [0.5, 0.6) is 0 Å². The van der Waals surface area contributed by atoms with Crippen molar-refractivity contribution in [1.29, 1.82) is 0 Å². The predicted molar refractivity (Wildman–Crippen MR) is 97.4 cm³/mol. The van der Waals surface area contributed by atoms with Gasteiger partial charge in [-0.1, -0.05) is 17.7 Å². The number of carbonyl (C=O) groups excluding carboxylic acids is 1. The van der Waals surface area contributed by atoms with Gasteiger partial charge in [0, 0.05) is 29.4 Å². The second-order valence-electron chi connectivity index (χ2n) is 6.23. The molecule has 1 amide bonds. The van der Waals surface area contributed by atoms with Crippen molar-refractivity contribution in [2.75, 3.05) is 10.2 Å². The number of fused-ring (bicyclic) bond motifs is 1. The number of hydrogen-bond donors (Lipinski definition) is 2. The van der Waals surface area contributed by atoms with Gasteiger partial charge in [0.05, 0.1) is 12.6 Å². The number of benzene rings is 2. The van der Waals surface area contributed by atoms with Crippen LogP contribution in [0.2, 0.25) is 5.02 Å². The standard InChI is InChI=1S/C19H21ClN2O2/c1-12-9-18(21-16-6-4-15(20)5-7-16)17-10-14(11-23)3-8-19(17)22(12)13(2)24/h3-8,10,12,18,21,23H,9,11H2,1-2H3. The molecule has 2 aromatic carbocycles. The van der Waals surface area contributed by atoms with Gasteiger partial charge >= 0.3 is 0 Å². The number of halogens is 1. The van der Waals surface area contributed by atoms with E-state index in [1.165, 1.54) is 0 Å². The van der Waals surface area contributed by atoms with Crippen LogP contribution in [-0.4, -0.2) is 17.1 Å². The summed E-state index contributed by atoms with van der Waals surface area (Å²) in [7, 11) is 0. The largest absolute Gasteiger partial charge is 0.392 e. The molecule has 1 aliphatic heterocycles. The minimum Gasteiger partial charge on any atom is -0.392 e. The third-order valence-electron chi connectivity index (χ3n) is 4.45. The maximum Gasteiger partial charge on any atom is 0.224 e. The molecule has 0 saturated carbocycles. The third kappa shape index (κ3) is 3.25. The SMILES string of the molecule is CC(=O)N1c2ccc(CO)cc2C(Nc2ccc(Cl)cc2)CC1C. The van der Waals surface area contributed by atoms with E-state index >= 15 is 0 Å². The number of nitrogens with zero attached hydrogens (tertiary/aromatic N) is 1. The molecule has 0 aliphatic carbocycles. The Morgan fingerprint density at radius 1 is 1.29 bits per heavy atom. The summed E-state index contributed by atoms with van der Waals surface area (Å²) in [4.78, 5) is 13.9. The van der Waals surface area contributed by atoms with Crippen LogP contribution in [0, 0.1) is 0 Å². The van der Waals surface area contributed by atoms with Crippen LogP contribution in [-0.2, 0) is 11.4 Å². The highest BCUT2D eigenvalue weighted by molar-refractivity contribution is 6.30. The van der Waals surface area contributed by atoms with Crippen molar-refractivity contribution in [1.82, 2.24) is 0 Å². The first-order valence-electron chi connectivity index (χ1n) is 8.05. The Hall–Kier alpha value is -2.04. The number of hydrogen-bond acceptors (Lipinski definition) is 3. The zero-order valence-corrected chi connectivity index (χ0v) is 14.5. The lowest BCUT2D eigenvalue weighted by atomic mass is 9.90. The predicted octanol–water partition coefficient (Wildman–Crippen LogP) is 4.13. The van der Waals surface area contributed by atoms with E-state index in [0.717, 1.165) is 28.9 Å². The fourth-order valence-corrected chi connectivity index (χ4v) is 3.50. The van der Waals surface area contributed by atoms with Gasteiger partial charge in [0.25, 0.3) is 0 Å². The van der Waals surface area contributed by atoms with Gasteiger partial charge in [-0.3, -0.25) is 4.79 Å². The van der Waals surface area contributed by atoms with Crippen LogP contribution in [0.1, 0.15) is 37.4 Å². The molecule has 0 radical (unpaired) electrons. The molecule has 1 heterocycles. The summed E-state index contributed by atoms with van der Waals surface area (Å²) in [6.45, 7) is 3.63. The number of aliphatic hydroxyl groups is 1. The van der Waals surface area contributed by atoms with Crippen molar-refractivity contribution in [3.8, 4) is 0 Å². The minimum atomic E-state index is -0.0173. The number of aliphatic hydroxyl groups excluding tert-OH is 1. The van der Waals surface area contributed by atoms with E-state index in [1.807, 2.05) is 47.4 Å². The normalized spacial score (nSPS) is 19.8. The topological polar surface area (TPSA) is 52.6 Å². The van der Waals surface area contributed by atoms with Crippen molar-refractivity contribution in [2.45, 2.75) is 39.0 Å². The van der Waals surface area contributed by atoms with Gasteiger partial charge in [-0.25, -0.2) is 0 Å². The van der Waals surface area contributed by atoms with Crippen molar-refractivity contribution in [3.63, 3.8) is 0 Å². The molecule has 0 spiro atoms. The van der Waals surface area contributed by atoms with Crippen LogP contribution in [0.4, 0.5) is 11.4 Å². The number of amides is 1. The van der Waals surface area contributed by atoms with Gasteiger partial charge < -0.3 is 15.3 Å². The molecule has 2 unspecified atom stereocenters. The lowest BCUT2D eigenvalue weighted by molar-refractivity contribution is -0.117. The van der Waals surface area contributed by atoms with Crippen molar-refractivity contribution in [3.05, 3.63) is 58.6 Å². The first-order valence-corrected chi connectivity index (χ1v) is 8.43. The fourth-order valence-electron chi connectivity index (χ4n) is 3.38. The maximum atomic E-state index is 12.1. The molecular weight excluding hydrogens is 324 g/mol. The van der Waals surface area contributed by atoms with Crippen molar-refractivity contribution >= 4 is 28.9 Å². The molecule has 3 rings (SSSR count). The molecule has 2 aromatic rings. The highest BCUT2D eigenvalue weighted by atomic mass is 35.5. The van der Waals surface area contributed by atoms with Crippen LogP contribution in [0.3, 0.4) is 0 Å². The van der Waals surface area contributed by atoms with Crippen LogP contribution in [0.15, 0.2) is 42.5 Å². The highest BCUT2D eigenvalue weighted by Gasteiger charge is 2.32. The first kappa shape index (κ1) is 16.8. The Morgan fingerprint density at radius 3 is 2.62 bits per heavy atom. The number of anilines is 2. The summed E-state index contributed by atoms with van der Waals surface area (Å²) < 4.78 is 0.